The highest BCUT2D eigenvalue weighted by Crippen LogP contribution is 2.39. The van der Waals surface area contributed by atoms with E-state index in [4.69, 9.17) is 9.53 Å². The highest BCUT2D eigenvalue weighted by Gasteiger charge is 2.44. The lowest BCUT2D eigenvalue weighted by atomic mass is 10.1. The molecular weight excluding hydrogens is 565 g/mol. The van der Waals surface area contributed by atoms with Gasteiger partial charge in [0, 0.05) is 13.1 Å². The number of carboxylic acids is 1. The molecular formula is C30H37F3N4O4Si. The SMILES string of the molecule is C[C@H](NC(=O)c1c(C(F)(F)F)nn2c1N(Cc1cccc(CO[Si](C)(C)C(C)(C)C)c1)CC2)c1ccc(C(=O)O)cc1. The Bertz CT molecular complexity index is 1460. The summed E-state index contributed by atoms with van der Waals surface area (Å²) in [5.41, 5.74) is 0.724. The van der Waals surface area contributed by atoms with Crippen LogP contribution in [0.5, 0.6) is 0 Å². The minimum absolute atomic E-state index is 0.0607. The van der Waals surface area contributed by atoms with Gasteiger partial charge in [-0.2, -0.15) is 18.3 Å². The van der Waals surface area contributed by atoms with E-state index in [2.05, 4.69) is 44.3 Å². The van der Waals surface area contributed by atoms with Crippen LogP contribution in [-0.4, -0.2) is 41.6 Å². The Kier molecular flexibility index (Phi) is 8.61. The second kappa shape index (κ2) is 11.6. The molecule has 42 heavy (non-hydrogen) atoms. The molecule has 2 heterocycles. The maximum Gasteiger partial charge on any atom is 0.436 e. The summed E-state index contributed by atoms with van der Waals surface area (Å²) < 4.78 is 49.8. The molecule has 12 heteroatoms. The Hall–Kier alpha value is -3.64. The van der Waals surface area contributed by atoms with Crippen LogP contribution in [0.1, 0.15) is 76.8 Å². The maximum absolute atomic E-state index is 14.1. The van der Waals surface area contributed by atoms with Crippen LogP contribution in [0.4, 0.5) is 19.0 Å². The summed E-state index contributed by atoms with van der Waals surface area (Å²) in [6, 6.07) is 12.9. The molecule has 0 bridgehead atoms. The second-order valence-electron chi connectivity index (χ2n) is 12.2. The number of carbonyl (C=O) groups excluding carboxylic acids is 1. The van der Waals surface area contributed by atoms with Gasteiger partial charge in [0.2, 0.25) is 0 Å². The molecule has 1 aliphatic rings. The zero-order valence-electron chi connectivity index (χ0n) is 24.7. The lowest BCUT2D eigenvalue weighted by Gasteiger charge is -2.36. The van der Waals surface area contributed by atoms with E-state index in [9.17, 15) is 22.8 Å². The van der Waals surface area contributed by atoms with Crippen LogP contribution in [0, 0.1) is 0 Å². The number of hydrogen-bond donors (Lipinski definition) is 2. The van der Waals surface area contributed by atoms with Crippen molar-refractivity contribution in [3.8, 4) is 0 Å². The topological polar surface area (TPSA) is 96.7 Å². The van der Waals surface area contributed by atoms with Crippen LogP contribution in [0.15, 0.2) is 48.5 Å². The van der Waals surface area contributed by atoms with Crippen molar-refractivity contribution in [3.05, 3.63) is 82.0 Å². The Morgan fingerprint density at radius 2 is 1.71 bits per heavy atom. The molecule has 0 saturated heterocycles. The van der Waals surface area contributed by atoms with Gasteiger partial charge in [-0.3, -0.25) is 4.79 Å². The number of carbonyl (C=O) groups is 2. The lowest BCUT2D eigenvalue weighted by molar-refractivity contribution is -0.141. The van der Waals surface area contributed by atoms with Crippen LogP contribution in [0.25, 0.3) is 0 Å². The molecule has 1 amide bonds. The summed E-state index contributed by atoms with van der Waals surface area (Å²) in [4.78, 5) is 26.3. The average molecular weight is 603 g/mol. The van der Waals surface area contributed by atoms with E-state index < -0.39 is 43.7 Å². The second-order valence-corrected chi connectivity index (χ2v) is 17.0. The number of nitrogens with zero attached hydrogens (tertiary/aromatic N) is 3. The van der Waals surface area contributed by atoms with Gasteiger partial charge in [0.25, 0.3) is 5.91 Å². The molecule has 0 radical (unpaired) electrons. The molecule has 1 atom stereocenters. The van der Waals surface area contributed by atoms with E-state index in [-0.39, 0.29) is 23.0 Å². The average Bonchev–Trinajstić information content (AvgIpc) is 3.47. The number of hydrogen-bond acceptors (Lipinski definition) is 5. The molecule has 226 valence electrons. The van der Waals surface area contributed by atoms with Crippen LogP contribution >= 0.6 is 0 Å². The van der Waals surface area contributed by atoms with Crippen molar-refractivity contribution in [1.82, 2.24) is 15.1 Å². The number of rotatable bonds is 9. The van der Waals surface area contributed by atoms with Gasteiger partial charge >= 0.3 is 12.1 Å². The van der Waals surface area contributed by atoms with Gasteiger partial charge in [-0.05, 0) is 53.9 Å². The van der Waals surface area contributed by atoms with Crippen molar-refractivity contribution in [3.63, 3.8) is 0 Å². The fourth-order valence-corrected chi connectivity index (χ4v) is 5.56. The maximum atomic E-state index is 14.1. The first-order valence-corrected chi connectivity index (χ1v) is 16.7. The summed E-state index contributed by atoms with van der Waals surface area (Å²) in [7, 11) is -1.97. The van der Waals surface area contributed by atoms with Crippen molar-refractivity contribution >= 4 is 26.0 Å². The molecule has 0 unspecified atom stereocenters. The van der Waals surface area contributed by atoms with Gasteiger partial charge in [-0.15, -0.1) is 0 Å². The predicted octanol–water partition coefficient (Wildman–Crippen LogP) is 6.63. The smallest absolute Gasteiger partial charge is 0.436 e. The van der Waals surface area contributed by atoms with E-state index in [0.29, 0.717) is 25.3 Å². The van der Waals surface area contributed by atoms with Gasteiger partial charge in [-0.25, -0.2) is 9.48 Å². The third-order valence-electron chi connectivity index (χ3n) is 8.08. The Morgan fingerprint density at radius 1 is 1.07 bits per heavy atom. The molecule has 4 rings (SSSR count). The molecule has 1 aromatic heterocycles. The highest BCUT2D eigenvalue weighted by molar-refractivity contribution is 6.74. The Labute approximate surface area is 244 Å². The van der Waals surface area contributed by atoms with Crippen LogP contribution in [0.3, 0.4) is 0 Å². The molecule has 0 saturated carbocycles. The van der Waals surface area contributed by atoms with Crippen molar-refractivity contribution in [1.29, 1.82) is 0 Å². The van der Waals surface area contributed by atoms with Gasteiger partial charge in [0.1, 0.15) is 11.4 Å². The van der Waals surface area contributed by atoms with Crippen molar-refractivity contribution in [2.45, 2.75) is 77.7 Å². The van der Waals surface area contributed by atoms with Crippen LogP contribution in [-0.2, 0) is 30.3 Å². The van der Waals surface area contributed by atoms with E-state index in [1.807, 2.05) is 24.3 Å². The summed E-state index contributed by atoms with van der Waals surface area (Å²) >= 11 is 0. The van der Waals surface area contributed by atoms with Crippen molar-refractivity contribution < 1.29 is 32.3 Å². The number of halogens is 3. The minimum atomic E-state index is -4.83. The van der Waals surface area contributed by atoms with Gasteiger partial charge < -0.3 is 19.7 Å². The fraction of sp³-hybridized carbons (Fsp3) is 0.433. The first-order valence-electron chi connectivity index (χ1n) is 13.8. The monoisotopic (exact) mass is 602 g/mol. The normalized spacial score (nSPS) is 14.5. The molecule has 8 nitrogen and oxygen atoms in total. The van der Waals surface area contributed by atoms with Crippen molar-refractivity contribution in [2.24, 2.45) is 0 Å². The van der Waals surface area contributed by atoms with Gasteiger partial charge in [0.15, 0.2) is 14.0 Å². The predicted molar refractivity (Wildman–Crippen MR) is 156 cm³/mol. The number of anilines is 1. The molecule has 0 aliphatic carbocycles. The summed E-state index contributed by atoms with van der Waals surface area (Å²) in [5.74, 6) is -1.88. The Morgan fingerprint density at radius 3 is 2.31 bits per heavy atom. The number of nitrogens with one attached hydrogen (secondary N) is 1. The number of aromatic carboxylic acids is 1. The molecule has 3 aromatic rings. The number of alkyl halides is 3. The van der Waals surface area contributed by atoms with Gasteiger partial charge in [-0.1, -0.05) is 57.2 Å². The first kappa shape index (κ1) is 31.3. The molecule has 0 fully saturated rings. The zero-order valence-corrected chi connectivity index (χ0v) is 25.7. The molecule has 2 N–H and O–H groups in total. The standard InChI is InChI=1S/C30H37F3N4O4Si/c1-19(22-10-12-23(13-11-22)28(39)40)34-26(38)24-25(30(31,32)33)35-37-15-14-36(27(24)37)17-20-8-7-9-21(16-20)18-41-42(5,6)29(2,3)4/h7-13,16,19H,14-15,17-18H2,1-6H3,(H,34,38)(H,39,40)/t19-/m0/s1. The summed E-state index contributed by atoms with van der Waals surface area (Å²) in [6.07, 6.45) is -4.83. The van der Waals surface area contributed by atoms with Gasteiger partial charge in [0.05, 0.1) is 24.8 Å². The largest absolute Gasteiger partial charge is 0.478 e. The number of benzene rings is 2. The minimum Gasteiger partial charge on any atom is -0.478 e. The highest BCUT2D eigenvalue weighted by atomic mass is 28.4. The third-order valence-corrected chi connectivity index (χ3v) is 12.6. The van der Waals surface area contributed by atoms with Crippen LogP contribution in [0.2, 0.25) is 18.1 Å². The van der Waals surface area contributed by atoms with E-state index in [1.54, 1.807) is 11.8 Å². The van der Waals surface area contributed by atoms with Crippen LogP contribution < -0.4 is 10.2 Å². The fourth-order valence-electron chi connectivity index (χ4n) is 4.60. The Balaban J connectivity index is 1.57. The van der Waals surface area contributed by atoms with E-state index in [0.717, 1.165) is 11.1 Å². The number of aromatic nitrogens is 2. The molecule has 1 aliphatic heterocycles. The summed E-state index contributed by atoms with van der Waals surface area (Å²) in [6.45, 7) is 13.9. The zero-order chi connectivity index (χ0) is 31.0. The van der Waals surface area contributed by atoms with E-state index >= 15 is 0 Å². The number of carboxylic acid groups (broad SMARTS) is 1. The lowest BCUT2D eigenvalue weighted by Crippen LogP contribution is -2.40. The summed E-state index contributed by atoms with van der Waals surface area (Å²) in [5, 5.41) is 15.6. The number of fused-ring (bicyclic) bond motifs is 1. The van der Waals surface area contributed by atoms with E-state index in [1.165, 1.54) is 28.9 Å². The number of amides is 1. The first-order chi connectivity index (χ1) is 19.5. The van der Waals surface area contributed by atoms with Crippen molar-refractivity contribution in [2.75, 3.05) is 11.4 Å². The third kappa shape index (κ3) is 6.70. The molecule has 0 spiro atoms. The molecule has 2 aromatic carbocycles. The quantitative estimate of drug-likeness (QED) is 0.267.